The molecule has 0 aliphatic rings. The van der Waals surface area contributed by atoms with Crippen LogP contribution in [0.3, 0.4) is 0 Å². The molecule has 15 heavy (non-hydrogen) atoms. The Bertz CT molecular complexity index is 285. The molecule has 1 aromatic carbocycles. The Hall–Kier alpha value is -0.410. The van der Waals surface area contributed by atoms with E-state index in [1.807, 2.05) is 42.1 Å². The number of hydrogen-bond acceptors (Lipinski definition) is 3. The molecular weight excluding hydrogens is 224 g/mol. The van der Waals surface area contributed by atoms with Crippen LogP contribution in [-0.2, 0) is 0 Å². The summed E-state index contributed by atoms with van der Waals surface area (Å²) in [7, 11) is 0. The van der Waals surface area contributed by atoms with E-state index in [-0.39, 0.29) is 5.78 Å². The predicted octanol–water partition coefficient (Wildman–Crippen LogP) is 3.36. The second kappa shape index (κ2) is 7.83. The van der Waals surface area contributed by atoms with Crippen LogP contribution in [0.1, 0.15) is 16.8 Å². The van der Waals surface area contributed by atoms with Crippen molar-refractivity contribution >= 4 is 29.3 Å². The van der Waals surface area contributed by atoms with Crippen LogP contribution in [0.2, 0.25) is 0 Å². The van der Waals surface area contributed by atoms with Crippen molar-refractivity contribution in [3.63, 3.8) is 0 Å². The van der Waals surface area contributed by atoms with Crippen LogP contribution in [0.25, 0.3) is 0 Å². The maximum atomic E-state index is 11.7. The van der Waals surface area contributed by atoms with Gasteiger partial charge in [0.05, 0.1) is 5.75 Å². The predicted molar refractivity (Wildman–Crippen MR) is 71.1 cm³/mol. The number of thioether (sulfide) groups is 2. The summed E-state index contributed by atoms with van der Waals surface area (Å²) in [6.45, 7) is 0. The molecule has 1 aromatic rings. The molecule has 0 heterocycles. The normalized spacial score (nSPS) is 10.2. The highest BCUT2D eigenvalue weighted by molar-refractivity contribution is 8.00. The molecule has 82 valence electrons. The Morgan fingerprint density at radius 3 is 2.60 bits per heavy atom. The van der Waals surface area contributed by atoms with E-state index in [1.165, 1.54) is 12.2 Å². The van der Waals surface area contributed by atoms with Gasteiger partial charge in [0.15, 0.2) is 5.78 Å². The summed E-state index contributed by atoms with van der Waals surface area (Å²) in [5, 5.41) is 0. The van der Waals surface area contributed by atoms with Crippen molar-refractivity contribution in [3.8, 4) is 0 Å². The highest BCUT2D eigenvalue weighted by Crippen LogP contribution is 2.09. The largest absolute Gasteiger partial charge is 0.293 e. The molecule has 0 atom stereocenters. The molecule has 0 aromatic heterocycles. The molecule has 0 aliphatic heterocycles. The number of carbonyl (C=O) groups excluding carboxylic acids is 1. The van der Waals surface area contributed by atoms with E-state index in [1.54, 1.807) is 11.8 Å². The number of rotatable bonds is 7. The second-order valence-corrected chi connectivity index (χ2v) is 5.28. The van der Waals surface area contributed by atoms with Gasteiger partial charge in [0.25, 0.3) is 0 Å². The minimum absolute atomic E-state index is 0.241. The van der Waals surface area contributed by atoms with E-state index in [0.29, 0.717) is 5.75 Å². The van der Waals surface area contributed by atoms with E-state index < -0.39 is 0 Å². The summed E-state index contributed by atoms with van der Waals surface area (Å²) in [6, 6.07) is 9.51. The lowest BCUT2D eigenvalue weighted by atomic mass is 10.2. The first-order valence-electron chi connectivity index (χ1n) is 4.99. The Morgan fingerprint density at radius 1 is 1.20 bits per heavy atom. The third-order valence-corrected chi connectivity index (χ3v) is 3.71. The summed E-state index contributed by atoms with van der Waals surface area (Å²) in [4.78, 5) is 11.7. The second-order valence-electron chi connectivity index (χ2n) is 3.19. The lowest BCUT2D eigenvalue weighted by Gasteiger charge is -2.00. The van der Waals surface area contributed by atoms with Crippen LogP contribution >= 0.6 is 23.5 Å². The number of hydrogen-bond donors (Lipinski definition) is 0. The van der Waals surface area contributed by atoms with Crippen LogP contribution in [0, 0.1) is 0 Å². The average molecular weight is 240 g/mol. The lowest BCUT2D eigenvalue weighted by Crippen LogP contribution is -2.02. The van der Waals surface area contributed by atoms with Crippen molar-refractivity contribution in [2.75, 3.05) is 23.5 Å². The van der Waals surface area contributed by atoms with E-state index >= 15 is 0 Å². The van der Waals surface area contributed by atoms with Crippen molar-refractivity contribution in [2.24, 2.45) is 0 Å². The summed E-state index contributed by atoms with van der Waals surface area (Å²) in [5.41, 5.74) is 0.829. The van der Waals surface area contributed by atoms with Gasteiger partial charge in [0.2, 0.25) is 0 Å². The molecule has 3 heteroatoms. The van der Waals surface area contributed by atoms with E-state index in [9.17, 15) is 4.79 Å². The molecule has 0 N–H and O–H groups in total. The summed E-state index contributed by atoms with van der Waals surface area (Å²) < 4.78 is 0. The van der Waals surface area contributed by atoms with Gasteiger partial charge in [-0.2, -0.15) is 23.5 Å². The van der Waals surface area contributed by atoms with Gasteiger partial charge in [-0.05, 0) is 24.2 Å². The van der Waals surface area contributed by atoms with Gasteiger partial charge in [-0.1, -0.05) is 30.3 Å². The van der Waals surface area contributed by atoms with Crippen LogP contribution in [0.5, 0.6) is 0 Å². The lowest BCUT2D eigenvalue weighted by molar-refractivity contribution is 0.102. The van der Waals surface area contributed by atoms with Crippen molar-refractivity contribution in [1.29, 1.82) is 0 Å². The summed E-state index contributed by atoms with van der Waals surface area (Å²) in [6.07, 6.45) is 3.30. The molecule has 1 rings (SSSR count). The minimum Gasteiger partial charge on any atom is -0.293 e. The van der Waals surface area contributed by atoms with Crippen LogP contribution in [-0.4, -0.2) is 29.3 Å². The van der Waals surface area contributed by atoms with Crippen molar-refractivity contribution in [1.82, 2.24) is 0 Å². The first kappa shape index (κ1) is 12.7. The van der Waals surface area contributed by atoms with Crippen molar-refractivity contribution < 1.29 is 4.79 Å². The average Bonchev–Trinajstić information content (AvgIpc) is 2.30. The third kappa shape index (κ3) is 5.28. The number of benzene rings is 1. The van der Waals surface area contributed by atoms with Crippen molar-refractivity contribution in [2.45, 2.75) is 6.42 Å². The Kier molecular flexibility index (Phi) is 6.60. The van der Waals surface area contributed by atoms with Gasteiger partial charge in [0.1, 0.15) is 0 Å². The topological polar surface area (TPSA) is 17.1 Å². The molecule has 0 saturated heterocycles. The maximum Gasteiger partial charge on any atom is 0.172 e. The van der Waals surface area contributed by atoms with Gasteiger partial charge in [-0.25, -0.2) is 0 Å². The molecule has 0 fully saturated rings. The number of ketones is 1. The fourth-order valence-corrected chi connectivity index (χ4v) is 2.64. The van der Waals surface area contributed by atoms with Crippen LogP contribution < -0.4 is 0 Å². The molecule has 0 saturated carbocycles. The number of Topliss-reactive ketones (excluding diaryl/α,β-unsaturated/α-hetero) is 1. The Labute approximate surface area is 100 Å². The first-order chi connectivity index (χ1) is 7.34. The zero-order valence-corrected chi connectivity index (χ0v) is 10.6. The fraction of sp³-hybridized carbons (Fsp3) is 0.417. The first-order valence-corrected chi connectivity index (χ1v) is 7.54. The van der Waals surface area contributed by atoms with Gasteiger partial charge in [-0.3, -0.25) is 4.79 Å². The van der Waals surface area contributed by atoms with Gasteiger partial charge >= 0.3 is 0 Å². The molecule has 0 amide bonds. The molecule has 0 unspecified atom stereocenters. The van der Waals surface area contributed by atoms with Gasteiger partial charge < -0.3 is 0 Å². The highest BCUT2D eigenvalue weighted by atomic mass is 32.2. The molecule has 0 aliphatic carbocycles. The quantitative estimate of drug-likeness (QED) is 0.537. The summed E-state index contributed by atoms with van der Waals surface area (Å²) in [5.74, 6) is 3.12. The standard InChI is InChI=1S/C12H16OS2/c1-14-8-5-9-15-10-12(13)11-6-3-2-4-7-11/h2-4,6-7H,5,8-10H2,1H3. The Balaban J connectivity index is 2.20. The van der Waals surface area contributed by atoms with Gasteiger partial charge in [-0.15, -0.1) is 0 Å². The van der Waals surface area contributed by atoms with Crippen molar-refractivity contribution in [3.05, 3.63) is 35.9 Å². The third-order valence-electron chi connectivity index (χ3n) is 1.97. The fourth-order valence-electron chi connectivity index (χ4n) is 1.18. The van der Waals surface area contributed by atoms with E-state index in [4.69, 9.17) is 0 Å². The Morgan fingerprint density at radius 2 is 1.93 bits per heavy atom. The highest BCUT2D eigenvalue weighted by Gasteiger charge is 2.03. The zero-order chi connectivity index (χ0) is 10.9. The zero-order valence-electron chi connectivity index (χ0n) is 8.94. The molecule has 0 radical (unpaired) electrons. The van der Waals surface area contributed by atoms with E-state index in [2.05, 4.69) is 6.26 Å². The SMILES string of the molecule is CSCCCSCC(=O)c1ccccc1. The monoisotopic (exact) mass is 240 g/mol. The summed E-state index contributed by atoms with van der Waals surface area (Å²) >= 11 is 3.59. The maximum absolute atomic E-state index is 11.7. The van der Waals surface area contributed by atoms with Crippen LogP contribution in [0.15, 0.2) is 30.3 Å². The van der Waals surface area contributed by atoms with E-state index in [0.717, 1.165) is 11.3 Å². The molecule has 0 bridgehead atoms. The molecule has 0 spiro atoms. The minimum atomic E-state index is 0.241. The van der Waals surface area contributed by atoms with Gasteiger partial charge in [0, 0.05) is 5.56 Å². The molecular formula is C12H16OS2. The van der Waals surface area contributed by atoms with Crippen LogP contribution in [0.4, 0.5) is 0 Å². The number of carbonyl (C=O) groups is 1. The smallest absolute Gasteiger partial charge is 0.172 e. The molecule has 1 nitrogen and oxygen atoms in total.